The number of ketones is 2. The van der Waals surface area contributed by atoms with E-state index in [0.717, 1.165) is 19.4 Å². The lowest BCUT2D eigenvalue weighted by Gasteiger charge is -2.36. The number of hydrogen-bond donors (Lipinski definition) is 0. The molecule has 1 aliphatic carbocycles. The van der Waals surface area contributed by atoms with Crippen LogP contribution >= 0.6 is 0 Å². The molecule has 0 unspecified atom stereocenters. The minimum Gasteiger partial charge on any atom is -0.367 e. The molecule has 0 saturated carbocycles. The van der Waals surface area contributed by atoms with Gasteiger partial charge in [-0.1, -0.05) is 45.0 Å². The second-order valence-electron chi connectivity index (χ2n) is 7.71. The van der Waals surface area contributed by atoms with Crippen molar-refractivity contribution >= 4 is 21.6 Å². The third kappa shape index (κ3) is 4.08. The van der Waals surface area contributed by atoms with E-state index in [9.17, 15) is 18.0 Å². The van der Waals surface area contributed by atoms with Crippen molar-refractivity contribution < 1.29 is 18.0 Å². The van der Waals surface area contributed by atoms with Crippen molar-refractivity contribution in [1.29, 1.82) is 0 Å². The van der Waals surface area contributed by atoms with Crippen LogP contribution in [0.1, 0.15) is 54.3 Å². The maximum absolute atomic E-state index is 13.7. The standard InChI is InChI=1S/C22H31N3O4S/c1-4-11-24(12-5-2)19-20(26)17-9-7-8-10-18(17)21(27)22(19)30(28,29)25-15-13-23(6-3)14-16-25/h7-10H,4-6,11-16H2,1-3H3. The topological polar surface area (TPSA) is 78.0 Å². The molecular formula is C22H31N3O4S. The van der Waals surface area contributed by atoms with E-state index in [1.807, 2.05) is 20.8 Å². The van der Waals surface area contributed by atoms with E-state index >= 15 is 0 Å². The maximum atomic E-state index is 13.7. The third-order valence-electron chi connectivity index (χ3n) is 5.73. The van der Waals surface area contributed by atoms with E-state index in [0.29, 0.717) is 39.3 Å². The highest BCUT2D eigenvalue weighted by Crippen LogP contribution is 2.33. The Kier molecular flexibility index (Phi) is 7.10. The second kappa shape index (κ2) is 9.41. The number of allylic oxidation sites excluding steroid dienone is 2. The normalized spacial score (nSPS) is 18.6. The van der Waals surface area contributed by atoms with Gasteiger partial charge >= 0.3 is 0 Å². The van der Waals surface area contributed by atoms with Gasteiger partial charge in [-0.25, -0.2) is 8.42 Å². The summed E-state index contributed by atoms with van der Waals surface area (Å²) in [4.78, 5) is 30.5. The predicted octanol–water partition coefficient (Wildman–Crippen LogP) is 2.37. The van der Waals surface area contributed by atoms with Crippen LogP contribution in [0.25, 0.3) is 0 Å². The predicted molar refractivity (Wildman–Crippen MR) is 117 cm³/mol. The van der Waals surface area contributed by atoms with E-state index in [4.69, 9.17) is 0 Å². The van der Waals surface area contributed by atoms with Crippen molar-refractivity contribution in [3.05, 3.63) is 46.0 Å². The smallest absolute Gasteiger partial charge is 0.249 e. The molecule has 30 heavy (non-hydrogen) atoms. The molecule has 1 heterocycles. The summed E-state index contributed by atoms with van der Waals surface area (Å²) in [7, 11) is -4.10. The number of likely N-dealkylation sites (N-methyl/N-ethyl adjacent to an activating group) is 1. The van der Waals surface area contributed by atoms with Gasteiger partial charge in [0.05, 0.1) is 0 Å². The van der Waals surface area contributed by atoms with Gasteiger partial charge < -0.3 is 9.80 Å². The number of sulfonamides is 1. The lowest BCUT2D eigenvalue weighted by atomic mass is 9.91. The van der Waals surface area contributed by atoms with E-state index in [2.05, 4.69) is 4.90 Å². The van der Waals surface area contributed by atoms with Crippen LogP contribution in [0.5, 0.6) is 0 Å². The molecule has 1 aliphatic heterocycles. The van der Waals surface area contributed by atoms with Gasteiger partial charge in [0.1, 0.15) is 5.70 Å². The summed E-state index contributed by atoms with van der Waals surface area (Å²) in [6.45, 7) is 9.76. The molecule has 3 rings (SSSR count). The molecular weight excluding hydrogens is 402 g/mol. The molecule has 164 valence electrons. The molecule has 0 bridgehead atoms. The number of carbonyl (C=O) groups excluding carboxylic acids is 2. The van der Waals surface area contributed by atoms with E-state index in [1.54, 1.807) is 29.2 Å². The molecule has 1 aromatic carbocycles. The van der Waals surface area contributed by atoms with Crippen molar-refractivity contribution in [3.8, 4) is 0 Å². The Labute approximate surface area is 179 Å². The van der Waals surface area contributed by atoms with E-state index in [1.165, 1.54) is 4.31 Å². The Bertz CT molecular complexity index is 941. The fourth-order valence-corrected chi connectivity index (χ4v) is 5.87. The van der Waals surface area contributed by atoms with Gasteiger partial charge in [0.25, 0.3) is 0 Å². The largest absolute Gasteiger partial charge is 0.367 e. The van der Waals surface area contributed by atoms with Gasteiger partial charge in [-0.15, -0.1) is 0 Å². The summed E-state index contributed by atoms with van der Waals surface area (Å²) in [5.41, 5.74) is 0.495. The molecule has 0 radical (unpaired) electrons. The number of benzene rings is 1. The van der Waals surface area contributed by atoms with Crippen molar-refractivity contribution in [3.63, 3.8) is 0 Å². The molecule has 0 amide bonds. The second-order valence-corrected chi connectivity index (χ2v) is 9.58. The van der Waals surface area contributed by atoms with Crippen molar-refractivity contribution in [2.45, 2.75) is 33.6 Å². The van der Waals surface area contributed by atoms with Crippen LogP contribution < -0.4 is 0 Å². The Morgan fingerprint density at radius 2 is 1.40 bits per heavy atom. The number of carbonyl (C=O) groups is 2. The number of fused-ring (bicyclic) bond motifs is 1. The monoisotopic (exact) mass is 433 g/mol. The molecule has 1 fully saturated rings. The quantitative estimate of drug-likeness (QED) is 0.626. The van der Waals surface area contributed by atoms with Crippen molar-refractivity contribution in [2.75, 3.05) is 45.8 Å². The first kappa shape index (κ1) is 22.7. The molecule has 7 nitrogen and oxygen atoms in total. The Morgan fingerprint density at radius 1 is 0.867 bits per heavy atom. The first-order chi connectivity index (χ1) is 14.4. The molecule has 8 heteroatoms. The molecule has 0 aromatic heterocycles. The minimum atomic E-state index is -4.10. The van der Waals surface area contributed by atoms with Gasteiger partial charge in [0.2, 0.25) is 21.6 Å². The third-order valence-corrected chi connectivity index (χ3v) is 7.67. The highest BCUT2D eigenvalue weighted by atomic mass is 32.2. The summed E-state index contributed by atoms with van der Waals surface area (Å²) >= 11 is 0. The first-order valence-electron chi connectivity index (χ1n) is 10.8. The van der Waals surface area contributed by atoms with Gasteiger partial charge in [0, 0.05) is 50.4 Å². The zero-order valence-corrected chi connectivity index (χ0v) is 18.9. The van der Waals surface area contributed by atoms with Crippen LogP contribution in [-0.4, -0.2) is 79.9 Å². The average Bonchev–Trinajstić information content (AvgIpc) is 2.76. The van der Waals surface area contributed by atoms with Gasteiger partial charge in [-0.05, 0) is 19.4 Å². The molecule has 1 aromatic rings. The number of hydrogen-bond acceptors (Lipinski definition) is 6. The van der Waals surface area contributed by atoms with Crippen LogP contribution in [0.3, 0.4) is 0 Å². The van der Waals surface area contributed by atoms with E-state index < -0.39 is 15.8 Å². The molecule has 1 saturated heterocycles. The Balaban J connectivity index is 2.15. The summed E-state index contributed by atoms with van der Waals surface area (Å²) in [6, 6.07) is 6.51. The summed E-state index contributed by atoms with van der Waals surface area (Å²) in [5, 5.41) is 0. The minimum absolute atomic E-state index is 0.0420. The highest BCUT2D eigenvalue weighted by Gasteiger charge is 2.44. The lowest BCUT2D eigenvalue weighted by Crippen LogP contribution is -2.50. The van der Waals surface area contributed by atoms with E-state index in [-0.39, 0.29) is 27.5 Å². The van der Waals surface area contributed by atoms with Gasteiger partial charge in [0.15, 0.2) is 4.91 Å². The molecule has 0 N–H and O–H groups in total. The zero-order chi connectivity index (χ0) is 21.9. The fraction of sp³-hybridized carbons (Fsp3) is 0.545. The summed E-state index contributed by atoms with van der Waals surface area (Å²) < 4.78 is 28.7. The Hall–Kier alpha value is -2.03. The fourth-order valence-electron chi connectivity index (χ4n) is 4.16. The lowest BCUT2D eigenvalue weighted by molar-refractivity contribution is 0.0945. The van der Waals surface area contributed by atoms with Crippen LogP contribution in [-0.2, 0) is 10.0 Å². The zero-order valence-electron chi connectivity index (χ0n) is 18.1. The number of nitrogens with zero attached hydrogens (tertiary/aromatic N) is 3. The summed E-state index contributed by atoms with van der Waals surface area (Å²) in [6.07, 6.45) is 1.49. The van der Waals surface area contributed by atoms with Crippen LogP contribution in [0, 0.1) is 0 Å². The van der Waals surface area contributed by atoms with Crippen LogP contribution in [0.4, 0.5) is 0 Å². The number of rotatable bonds is 8. The van der Waals surface area contributed by atoms with Gasteiger partial charge in [-0.2, -0.15) is 4.31 Å². The average molecular weight is 434 g/mol. The number of Topliss-reactive ketones (excluding diaryl/α,β-unsaturated/α-hetero) is 2. The maximum Gasteiger partial charge on any atom is 0.249 e. The van der Waals surface area contributed by atoms with Crippen LogP contribution in [0.2, 0.25) is 0 Å². The van der Waals surface area contributed by atoms with Crippen molar-refractivity contribution in [1.82, 2.24) is 14.1 Å². The first-order valence-corrected chi connectivity index (χ1v) is 12.2. The molecule has 2 aliphatic rings. The molecule has 0 atom stereocenters. The number of piperazine rings is 1. The summed E-state index contributed by atoms with van der Waals surface area (Å²) in [5.74, 6) is -0.951. The van der Waals surface area contributed by atoms with Crippen LogP contribution in [0.15, 0.2) is 34.9 Å². The Morgan fingerprint density at radius 3 is 1.90 bits per heavy atom. The highest BCUT2D eigenvalue weighted by molar-refractivity contribution is 7.94. The SMILES string of the molecule is CCCN(CCC)C1=C(S(=O)(=O)N2CCN(CC)CC2)C(=O)c2ccccc2C1=O. The van der Waals surface area contributed by atoms with Crippen molar-refractivity contribution in [2.24, 2.45) is 0 Å². The van der Waals surface area contributed by atoms with Gasteiger partial charge in [-0.3, -0.25) is 9.59 Å². The molecule has 0 spiro atoms.